The van der Waals surface area contributed by atoms with Gasteiger partial charge in [-0.25, -0.2) is 0 Å². The van der Waals surface area contributed by atoms with E-state index in [0.29, 0.717) is 0 Å². The summed E-state index contributed by atoms with van der Waals surface area (Å²) in [7, 11) is 0. The maximum Gasteiger partial charge on any atom is 0.471 e. The highest BCUT2D eigenvalue weighted by Gasteiger charge is 2.54. The molecule has 1 heterocycles. The minimum absolute atomic E-state index is 0.594. The van der Waals surface area contributed by atoms with Crippen LogP contribution in [-0.2, 0) is 47.7 Å². The summed E-state index contributed by atoms with van der Waals surface area (Å²) in [5.41, 5.74) is 0. The lowest BCUT2D eigenvalue weighted by molar-refractivity contribution is -0.272. The van der Waals surface area contributed by atoms with E-state index in [1.165, 1.54) is 5.32 Å². The minimum Gasteiger partial charge on any atom is -0.463 e. The van der Waals surface area contributed by atoms with E-state index >= 15 is 0 Å². The molecule has 0 saturated carbocycles. The SMILES string of the molecule is CC(=O)OC[C@@H]1O[C@H](OC(C)=O)[C@H](NC(=O)C(F)(F)F)[C@H](OC(C)=O)[C@H]1OC(C)=O. The van der Waals surface area contributed by atoms with E-state index in [4.69, 9.17) is 23.7 Å². The summed E-state index contributed by atoms with van der Waals surface area (Å²) in [5, 5.41) is 1.52. The molecule has 1 amide bonds. The number of ether oxygens (including phenoxy) is 5. The molecular weight excluding hydrogens is 423 g/mol. The summed E-state index contributed by atoms with van der Waals surface area (Å²) in [4.78, 5) is 57.0. The monoisotopic (exact) mass is 443 g/mol. The van der Waals surface area contributed by atoms with Gasteiger partial charge in [-0.2, -0.15) is 13.2 Å². The Labute approximate surface area is 168 Å². The second kappa shape index (κ2) is 10.2. The van der Waals surface area contributed by atoms with Crippen LogP contribution in [0.1, 0.15) is 27.7 Å². The normalized spacial score (nSPS) is 26.2. The van der Waals surface area contributed by atoms with Gasteiger partial charge in [0.1, 0.15) is 18.8 Å². The molecular formula is C16H20F3NO10. The van der Waals surface area contributed by atoms with Gasteiger partial charge >= 0.3 is 36.0 Å². The van der Waals surface area contributed by atoms with Gasteiger partial charge in [0.2, 0.25) is 6.29 Å². The number of esters is 4. The average molecular weight is 443 g/mol. The van der Waals surface area contributed by atoms with Crippen LogP contribution in [0.5, 0.6) is 0 Å². The summed E-state index contributed by atoms with van der Waals surface area (Å²) in [6.45, 7) is 3.22. The van der Waals surface area contributed by atoms with Crippen molar-refractivity contribution in [2.75, 3.05) is 6.61 Å². The van der Waals surface area contributed by atoms with E-state index in [-0.39, 0.29) is 0 Å². The highest BCUT2D eigenvalue weighted by Crippen LogP contribution is 2.29. The number of hydrogen-bond acceptors (Lipinski definition) is 10. The topological polar surface area (TPSA) is 144 Å². The van der Waals surface area contributed by atoms with Crippen LogP contribution in [0.25, 0.3) is 0 Å². The van der Waals surface area contributed by atoms with Gasteiger partial charge < -0.3 is 29.0 Å². The van der Waals surface area contributed by atoms with Gasteiger partial charge in [0.15, 0.2) is 12.2 Å². The molecule has 1 aliphatic rings. The Bertz CT molecular complexity index is 695. The first-order chi connectivity index (χ1) is 13.7. The largest absolute Gasteiger partial charge is 0.471 e. The van der Waals surface area contributed by atoms with E-state index in [9.17, 15) is 37.1 Å². The second-order valence-corrected chi connectivity index (χ2v) is 6.10. The molecule has 30 heavy (non-hydrogen) atoms. The Kier molecular flexibility index (Phi) is 8.57. The lowest BCUT2D eigenvalue weighted by Gasteiger charge is -2.44. The molecule has 1 aliphatic heterocycles. The summed E-state index contributed by atoms with van der Waals surface area (Å²) in [6.07, 6.45) is -12.0. The number of nitrogens with one attached hydrogen (secondary N) is 1. The van der Waals surface area contributed by atoms with Gasteiger partial charge in [0, 0.05) is 27.7 Å². The number of alkyl halides is 3. The van der Waals surface area contributed by atoms with Crippen LogP contribution in [0.3, 0.4) is 0 Å². The Balaban J connectivity index is 3.39. The van der Waals surface area contributed by atoms with E-state index < -0.39 is 73.2 Å². The third kappa shape index (κ3) is 7.50. The molecule has 1 rings (SSSR count). The molecule has 5 atom stereocenters. The number of carbonyl (C=O) groups is 5. The molecule has 14 heteroatoms. The maximum absolute atomic E-state index is 12.8. The first-order valence-electron chi connectivity index (χ1n) is 8.40. The van der Waals surface area contributed by atoms with Crippen LogP contribution < -0.4 is 5.32 Å². The molecule has 1 N–H and O–H groups in total. The smallest absolute Gasteiger partial charge is 0.463 e. The molecule has 0 aliphatic carbocycles. The molecule has 0 radical (unpaired) electrons. The molecule has 0 unspecified atom stereocenters. The van der Waals surface area contributed by atoms with Crippen molar-refractivity contribution in [1.82, 2.24) is 5.32 Å². The highest BCUT2D eigenvalue weighted by atomic mass is 19.4. The Morgan fingerprint density at radius 2 is 1.33 bits per heavy atom. The third-order valence-electron chi connectivity index (χ3n) is 3.54. The van der Waals surface area contributed by atoms with Gasteiger partial charge in [-0.05, 0) is 0 Å². The minimum atomic E-state index is -5.34. The summed E-state index contributed by atoms with van der Waals surface area (Å²) in [5.74, 6) is -6.20. The molecule has 170 valence electrons. The standard InChI is InChI=1S/C16H20F3NO10/c1-6(21)26-5-10-12(27-7(2)22)13(28-8(3)23)11(14(30-10)29-9(4)24)20-15(25)16(17,18)19/h10-14H,5H2,1-4H3,(H,20,25)/t10-,11+,12-,13-,14-/m0/s1. The summed E-state index contributed by atoms with van der Waals surface area (Å²) < 4.78 is 63.2. The molecule has 1 fully saturated rings. The number of rotatable bonds is 6. The molecule has 11 nitrogen and oxygen atoms in total. The number of amides is 1. The van der Waals surface area contributed by atoms with Gasteiger partial charge in [0.05, 0.1) is 0 Å². The molecule has 0 aromatic rings. The van der Waals surface area contributed by atoms with Crippen LogP contribution in [0.4, 0.5) is 13.2 Å². The van der Waals surface area contributed by atoms with Crippen LogP contribution in [0, 0.1) is 0 Å². The number of halogens is 3. The Morgan fingerprint density at radius 3 is 1.77 bits per heavy atom. The van der Waals surface area contributed by atoms with E-state index in [1.807, 2.05) is 0 Å². The van der Waals surface area contributed by atoms with Crippen molar-refractivity contribution < 1.29 is 60.8 Å². The molecule has 0 spiro atoms. The first kappa shape index (κ1) is 25.1. The van der Waals surface area contributed by atoms with Crippen LogP contribution >= 0.6 is 0 Å². The zero-order valence-corrected chi connectivity index (χ0v) is 16.3. The van der Waals surface area contributed by atoms with Crippen molar-refractivity contribution >= 4 is 29.8 Å². The van der Waals surface area contributed by atoms with Crippen molar-refractivity contribution in [3.8, 4) is 0 Å². The van der Waals surface area contributed by atoms with Gasteiger partial charge in [-0.1, -0.05) is 0 Å². The van der Waals surface area contributed by atoms with Crippen LogP contribution in [0.2, 0.25) is 0 Å². The molecule has 0 aromatic heterocycles. The van der Waals surface area contributed by atoms with Crippen molar-refractivity contribution in [3.63, 3.8) is 0 Å². The quantitative estimate of drug-likeness (QED) is 0.431. The number of carbonyl (C=O) groups excluding carboxylic acids is 5. The summed E-state index contributed by atoms with van der Waals surface area (Å²) >= 11 is 0. The van der Waals surface area contributed by atoms with E-state index in [2.05, 4.69) is 0 Å². The zero-order chi connectivity index (χ0) is 23.2. The fourth-order valence-corrected chi connectivity index (χ4v) is 2.55. The molecule has 0 aromatic carbocycles. The molecule has 1 saturated heterocycles. The lowest BCUT2D eigenvalue weighted by atomic mass is 9.96. The van der Waals surface area contributed by atoms with Crippen molar-refractivity contribution in [2.45, 2.75) is 64.5 Å². The van der Waals surface area contributed by atoms with Gasteiger partial charge in [0.25, 0.3) is 0 Å². The van der Waals surface area contributed by atoms with Gasteiger partial charge in [-0.15, -0.1) is 0 Å². The lowest BCUT2D eigenvalue weighted by Crippen LogP contribution is -2.67. The second-order valence-electron chi connectivity index (χ2n) is 6.10. The van der Waals surface area contributed by atoms with E-state index in [1.54, 1.807) is 0 Å². The van der Waals surface area contributed by atoms with Crippen molar-refractivity contribution in [3.05, 3.63) is 0 Å². The fraction of sp³-hybridized carbons (Fsp3) is 0.688. The predicted octanol–water partition coefficient (Wildman–Crippen LogP) is -0.252. The van der Waals surface area contributed by atoms with Gasteiger partial charge in [-0.3, -0.25) is 24.0 Å². The zero-order valence-electron chi connectivity index (χ0n) is 16.3. The maximum atomic E-state index is 12.8. The Morgan fingerprint density at radius 1 is 0.833 bits per heavy atom. The van der Waals surface area contributed by atoms with Crippen LogP contribution in [0.15, 0.2) is 0 Å². The average Bonchev–Trinajstić information content (AvgIpc) is 2.56. The van der Waals surface area contributed by atoms with E-state index in [0.717, 1.165) is 27.7 Å². The van der Waals surface area contributed by atoms with Crippen molar-refractivity contribution in [1.29, 1.82) is 0 Å². The number of hydrogen-bond donors (Lipinski definition) is 1. The van der Waals surface area contributed by atoms with Crippen LogP contribution in [-0.4, -0.2) is 73.2 Å². The van der Waals surface area contributed by atoms with Crippen molar-refractivity contribution in [2.24, 2.45) is 0 Å². The first-order valence-corrected chi connectivity index (χ1v) is 8.40. The third-order valence-corrected chi connectivity index (χ3v) is 3.54. The fourth-order valence-electron chi connectivity index (χ4n) is 2.55. The predicted molar refractivity (Wildman–Crippen MR) is 86.2 cm³/mol. The molecule has 0 bridgehead atoms. The Hall–Kier alpha value is -2.90. The summed E-state index contributed by atoms with van der Waals surface area (Å²) in [6, 6.07) is -1.91. The highest BCUT2D eigenvalue weighted by molar-refractivity contribution is 5.82.